The molecule has 0 aliphatic heterocycles. The van der Waals surface area contributed by atoms with Gasteiger partial charge in [-0.1, -0.05) is 91.0 Å². The molecule has 5 rings (SSSR count). The third kappa shape index (κ3) is 4.25. The van der Waals surface area contributed by atoms with E-state index in [1.807, 2.05) is 36.6 Å². The van der Waals surface area contributed by atoms with E-state index in [1.165, 1.54) is 31.3 Å². The molecule has 1 N–H and O–H groups in total. The summed E-state index contributed by atoms with van der Waals surface area (Å²) < 4.78 is 2.53. The van der Waals surface area contributed by atoms with Crippen molar-refractivity contribution in [1.82, 2.24) is 5.32 Å². The van der Waals surface area contributed by atoms with E-state index in [0.29, 0.717) is 0 Å². The Morgan fingerprint density at radius 3 is 2.03 bits per heavy atom. The van der Waals surface area contributed by atoms with Crippen molar-refractivity contribution in [2.24, 2.45) is 9.98 Å². The van der Waals surface area contributed by atoms with Gasteiger partial charge in [-0.15, -0.1) is 11.3 Å². The van der Waals surface area contributed by atoms with Crippen molar-refractivity contribution in [3.63, 3.8) is 0 Å². The van der Waals surface area contributed by atoms with Gasteiger partial charge in [-0.2, -0.15) is 0 Å². The zero-order valence-corrected chi connectivity index (χ0v) is 20.4. The van der Waals surface area contributed by atoms with E-state index >= 15 is 0 Å². The van der Waals surface area contributed by atoms with Crippen LogP contribution in [0.2, 0.25) is 0 Å². The molecule has 4 heteroatoms. The highest BCUT2D eigenvalue weighted by Crippen LogP contribution is 2.41. The summed E-state index contributed by atoms with van der Waals surface area (Å²) in [6.07, 6.45) is 0. The Kier molecular flexibility index (Phi) is 6.24. The largest absolute Gasteiger partial charge is 0.325 e. The first-order valence-corrected chi connectivity index (χ1v) is 12.3. The lowest BCUT2D eigenvalue weighted by molar-refractivity contribution is 0.831. The fraction of sp³-hybridized carbons (Fsp3) is 0.133. The number of rotatable bonds is 4. The third-order valence-corrected chi connectivity index (χ3v) is 7.05. The smallest absolute Gasteiger partial charge is 0.135 e. The maximum absolute atomic E-state index is 4.99. The molecule has 0 amide bonds. The van der Waals surface area contributed by atoms with Crippen molar-refractivity contribution >= 4 is 43.2 Å². The molecule has 0 aliphatic rings. The minimum absolute atomic E-state index is 0.140. The molecule has 0 radical (unpaired) electrons. The molecule has 0 fully saturated rings. The van der Waals surface area contributed by atoms with Crippen LogP contribution in [0.3, 0.4) is 0 Å². The molecule has 0 saturated carbocycles. The summed E-state index contributed by atoms with van der Waals surface area (Å²) in [5, 5.41) is 6.09. The fourth-order valence-electron chi connectivity index (χ4n) is 4.24. The minimum Gasteiger partial charge on any atom is -0.325 e. The van der Waals surface area contributed by atoms with Crippen molar-refractivity contribution < 1.29 is 0 Å². The van der Waals surface area contributed by atoms with Gasteiger partial charge < -0.3 is 5.32 Å². The van der Waals surface area contributed by atoms with Gasteiger partial charge in [-0.3, -0.25) is 9.98 Å². The van der Waals surface area contributed by atoms with E-state index in [0.717, 1.165) is 22.8 Å². The van der Waals surface area contributed by atoms with Crippen LogP contribution < -0.4 is 5.32 Å². The molecule has 0 aliphatic carbocycles. The number of amidine groups is 2. The van der Waals surface area contributed by atoms with Gasteiger partial charge in [0, 0.05) is 44.4 Å². The predicted molar refractivity (Wildman–Crippen MR) is 148 cm³/mol. The second kappa shape index (κ2) is 9.62. The Labute approximate surface area is 204 Å². The van der Waals surface area contributed by atoms with Crippen molar-refractivity contribution in [2.45, 2.75) is 19.9 Å². The average Bonchev–Trinajstić information content (AvgIpc) is 3.26. The first-order valence-electron chi connectivity index (χ1n) is 11.5. The average molecular weight is 462 g/mol. The summed E-state index contributed by atoms with van der Waals surface area (Å²) in [5.41, 5.74) is 4.64. The monoisotopic (exact) mass is 461 g/mol. The molecule has 0 atom stereocenters. The third-order valence-electron chi connectivity index (χ3n) is 5.76. The van der Waals surface area contributed by atoms with Gasteiger partial charge in [0.05, 0.1) is 0 Å². The van der Waals surface area contributed by atoms with E-state index in [-0.39, 0.29) is 6.04 Å². The number of hydrogen-bond acceptors (Lipinski definition) is 3. The SMILES string of the molecule is CN=C(NC(=NC(C)C)c1cccc2c1sc1c(-c3ccccc3)cccc12)c1ccccc1. The van der Waals surface area contributed by atoms with Crippen molar-refractivity contribution in [3.05, 3.63) is 108 Å². The number of aliphatic imine (C=N–C) groups is 2. The second-order valence-corrected chi connectivity index (χ2v) is 9.49. The lowest BCUT2D eigenvalue weighted by Crippen LogP contribution is -2.33. The summed E-state index contributed by atoms with van der Waals surface area (Å²) in [6, 6.07) is 34.0. The standard InChI is InChI=1S/C30H27N3S/c1-20(2)32-30(33-29(31-3)22-14-8-5-9-15-22)26-19-11-18-25-24-17-10-16-23(27(24)34-28(25)26)21-12-6-4-7-13-21/h4-20H,1-3H3,(H,31,32,33). The van der Waals surface area contributed by atoms with E-state index < -0.39 is 0 Å². The summed E-state index contributed by atoms with van der Waals surface area (Å²) >= 11 is 1.83. The van der Waals surface area contributed by atoms with Gasteiger partial charge in [0.2, 0.25) is 0 Å². The molecule has 0 saturated heterocycles. The van der Waals surface area contributed by atoms with Gasteiger partial charge in [-0.05, 0) is 31.0 Å². The molecule has 5 aromatic rings. The van der Waals surface area contributed by atoms with E-state index in [2.05, 4.69) is 103 Å². The van der Waals surface area contributed by atoms with Crippen LogP contribution in [-0.2, 0) is 0 Å². The second-order valence-electron chi connectivity index (χ2n) is 8.47. The Hall–Kier alpha value is -3.76. The quantitative estimate of drug-likeness (QED) is 0.218. The zero-order valence-electron chi connectivity index (χ0n) is 19.6. The van der Waals surface area contributed by atoms with Crippen LogP contribution >= 0.6 is 11.3 Å². The van der Waals surface area contributed by atoms with Gasteiger partial charge in [0.15, 0.2) is 0 Å². The number of benzene rings is 4. The molecule has 1 aromatic heterocycles. The van der Waals surface area contributed by atoms with Crippen LogP contribution in [0.5, 0.6) is 0 Å². The van der Waals surface area contributed by atoms with Crippen LogP contribution in [0.25, 0.3) is 31.3 Å². The Morgan fingerprint density at radius 2 is 1.35 bits per heavy atom. The number of nitrogens with zero attached hydrogens (tertiary/aromatic N) is 2. The number of thiophene rings is 1. The maximum Gasteiger partial charge on any atom is 0.135 e. The minimum atomic E-state index is 0.140. The fourth-order valence-corrected chi connectivity index (χ4v) is 5.59. The molecule has 1 heterocycles. The van der Waals surface area contributed by atoms with Crippen molar-refractivity contribution in [2.75, 3.05) is 7.05 Å². The van der Waals surface area contributed by atoms with E-state index in [9.17, 15) is 0 Å². The normalized spacial score (nSPS) is 12.6. The Bertz CT molecular complexity index is 1500. The highest BCUT2D eigenvalue weighted by Gasteiger charge is 2.17. The molecule has 3 nitrogen and oxygen atoms in total. The van der Waals surface area contributed by atoms with Gasteiger partial charge in [0.1, 0.15) is 11.7 Å². The van der Waals surface area contributed by atoms with Crippen LogP contribution in [0, 0.1) is 0 Å². The molecule has 0 bridgehead atoms. The highest BCUT2D eigenvalue weighted by molar-refractivity contribution is 7.26. The lowest BCUT2D eigenvalue weighted by Gasteiger charge is -2.15. The van der Waals surface area contributed by atoms with Gasteiger partial charge in [0.25, 0.3) is 0 Å². The molecule has 168 valence electrons. The topological polar surface area (TPSA) is 36.8 Å². The summed E-state index contributed by atoms with van der Waals surface area (Å²) in [7, 11) is 1.81. The Morgan fingerprint density at radius 1 is 0.706 bits per heavy atom. The lowest BCUT2D eigenvalue weighted by atomic mass is 10.0. The number of nitrogens with one attached hydrogen (secondary N) is 1. The van der Waals surface area contributed by atoms with Crippen LogP contribution in [0.4, 0.5) is 0 Å². The van der Waals surface area contributed by atoms with Crippen molar-refractivity contribution in [1.29, 1.82) is 0 Å². The van der Waals surface area contributed by atoms with Gasteiger partial charge >= 0.3 is 0 Å². The number of hydrogen-bond donors (Lipinski definition) is 1. The van der Waals surface area contributed by atoms with Crippen LogP contribution in [0.1, 0.15) is 25.0 Å². The highest BCUT2D eigenvalue weighted by atomic mass is 32.1. The summed E-state index contributed by atoms with van der Waals surface area (Å²) in [4.78, 5) is 9.53. The van der Waals surface area contributed by atoms with E-state index in [1.54, 1.807) is 0 Å². The first-order chi connectivity index (χ1) is 16.7. The van der Waals surface area contributed by atoms with Crippen molar-refractivity contribution in [3.8, 4) is 11.1 Å². The molecular weight excluding hydrogens is 434 g/mol. The Balaban J connectivity index is 1.68. The molecule has 0 spiro atoms. The van der Waals surface area contributed by atoms with Gasteiger partial charge in [-0.25, -0.2) is 0 Å². The summed E-state index contributed by atoms with van der Waals surface area (Å²) in [6.45, 7) is 4.21. The maximum atomic E-state index is 4.99. The molecule has 0 unspecified atom stereocenters. The van der Waals surface area contributed by atoms with Crippen LogP contribution in [-0.4, -0.2) is 24.8 Å². The molecular formula is C30H27N3S. The zero-order chi connectivity index (χ0) is 23.5. The molecule has 4 aromatic carbocycles. The van der Waals surface area contributed by atoms with Crippen LogP contribution in [0.15, 0.2) is 107 Å². The predicted octanol–water partition coefficient (Wildman–Crippen LogP) is 7.54. The molecule has 34 heavy (non-hydrogen) atoms. The number of fused-ring (bicyclic) bond motifs is 3. The van der Waals surface area contributed by atoms with E-state index in [4.69, 9.17) is 4.99 Å². The first kappa shape index (κ1) is 22.1. The summed E-state index contributed by atoms with van der Waals surface area (Å²) in [5.74, 6) is 1.65.